The monoisotopic (exact) mass is 213 g/mol. The fourth-order valence-corrected chi connectivity index (χ4v) is 2.39. The van der Waals surface area contributed by atoms with Gasteiger partial charge in [-0.25, -0.2) is 0 Å². The van der Waals surface area contributed by atoms with Gasteiger partial charge >= 0.3 is 0 Å². The second-order valence-electron chi connectivity index (χ2n) is 5.22. The normalized spacial score (nSPS) is 34.7. The lowest BCUT2D eigenvalue weighted by Gasteiger charge is -2.19. The minimum absolute atomic E-state index is 0.100. The van der Waals surface area contributed by atoms with E-state index in [1.54, 1.807) is 0 Å². The van der Waals surface area contributed by atoms with Crippen LogP contribution in [0.25, 0.3) is 0 Å². The van der Waals surface area contributed by atoms with Crippen LogP contribution in [0.4, 0.5) is 0 Å². The molecule has 15 heavy (non-hydrogen) atoms. The van der Waals surface area contributed by atoms with Crippen LogP contribution in [0.2, 0.25) is 0 Å². The van der Waals surface area contributed by atoms with E-state index < -0.39 is 0 Å². The molecule has 0 spiro atoms. The number of rotatable bonds is 4. The minimum atomic E-state index is -0.238. The molecule has 1 fully saturated rings. The molecule has 3 nitrogen and oxygen atoms in total. The Labute approximate surface area is 92.6 Å². The molecule has 1 N–H and O–H groups in total. The minimum Gasteiger partial charge on any atom is -0.359 e. The smallest absolute Gasteiger partial charge is 0.228 e. The third-order valence-electron chi connectivity index (χ3n) is 4.43. The quantitative estimate of drug-likeness (QED) is 0.727. The van der Waals surface area contributed by atoms with Crippen molar-refractivity contribution in [3.8, 4) is 0 Å². The number of hydrogen-bond donors (Lipinski definition) is 1. The first-order valence-corrected chi connectivity index (χ1v) is 5.71. The first-order chi connectivity index (χ1) is 6.78. The zero-order valence-electron chi connectivity index (χ0n) is 10.7. The van der Waals surface area contributed by atoms with E-state index in [1.165, 1.54) is 0 Å². The van der Waals surface area contributed by atoms with Crippen molar-refractivity contribution in [1.82, 2.24) is 5.32 Å². The number of carbonyl (C=O) groups is 1. The molecule has 3 atom stereocenters. The fourth-order valence-electron chi connectivity index (χ4n) is 2.39. The van der Waals surface area contributed by atoms with E-state index >= 15 is 0 Å². The maximum Gasteiger partial charge on any atom is 0.228 e. The Morgan fingerprint density at radius 2 is 1.93 bits per heavy atom. The predicted molar refractivity (Wildman–Crippen MR) is 60.3 cm³/mol. The molecule has 3 unspecified atom stereocenters. The summed E-state index contributed by atoms with van der Waals surface area (Å²) in [5, 5.41) is 2.91. The zero-order valence-corrected chi connectivity index (χ0v) is 10.7. The van der Waals surface area contributed by atoms with Crippen LogP contribution in [0, 0.1) is 16.7 Å². The topological polar surface area (TPSA) is 38.3 Å². The summed E-state index contributed by atoms with van der Waals surface area (Å²) in [5.41, 5.74) is -0.138. The molecule has 0 aromatic rings. The number of carbonyl (C=O) groups excluding carboxylic acids is 1. The maximum atomic E-state index is 12.0. The van der Waals surface area contributed by atoms with E-state index in [0.29, 0.717) is 12.5 Å². The third kappa shape index (κ3) is 1.78. The molecule has 1 aliphatic rings. The highest BCUT2D eigenvalue weighted by Gasteiger charge is 2.69. The second-order valence-corrected chi connectivity index (χ2v) is 5.22. The number of ether oxygens (including phenoxy) is 1. The molecule has 1 amide bonds. The third-order valence-corrected chi connectivity index (χ3v) is 4.43. The van der Waals surface area contributed by atoms with Gasteiger partial charge in [0, 0.05) is 6.61 Å². The Morgan fingerprint density at radius 3 is 2.27 bits per heavy atom. The second kappa shape index (κ2) is 3.78. The highest BCUT2D eigenvalue weighted by atomic mass is 16.5. The van der Waals surface area contributed by atoms with Crippen LogP contribution in [0.5, 0.6) is 0 Å². The van der Waals surface area contributed by atoms with Gasteiger partial charge in [0.1, 0.15) is 6.23 Å². The SMILES string of the molecule is CCOC(C)NC(=O)C1(C)C(C)C1(C)C. The molecule has 0 aromatic carbocycles. The molecule has 0 radical (unpaired) electrons. The molecule has 1 aliphatic carbocycles. The molecule has 0 saturated heterocycles. The fraction of sp³-hybridized carbons (Fsp3) is 0.917. The summed E-state index contributed by atoms with van der Waals surface area (Å²) in [6.45, 7) is 12.9. The lowest BCUT2D eigenvalue weighted by Crippen LogP contribution is -2.40. The van der Waals surface area contributed by atoms with Crippen LogP contribution in [-0.4, -0.2) is 18.7 Å². The summed E-state index contributed by atoms with van der Waals surface area (Å²) in [5.74, 6) is 0.541. The van der Waals surface area contributed by atoms with E-state index in [1.807, 2.05) is 20.8 Å². The number of nitrogens with one attached hydrogen (secondary N) is 1. The largest absolute Gasteiger partial charge is 0.359 e. The Bertz CT molecular complexity index is 262. The molecule has 1 rings (SSSR count). The number of amides is 1. The lowest BCUT2D eigenvalue weighted by molar-refractivity contribution is -0.131. The van der Waals surface area contributed by atoms with Crippen molar-refractivity contribution in [1.29, 1.82) is 0 Å². The standard InChI is InChI=1S/C12H23NO2/c1-7-15-9(3)13-10(14)12(6)8(2)11(12,4)5/h8-9H,7H2,1-6H3,(H,13,14). The summed E-state index contributed by atoms with van der Waals surface area (Å²) in [6.07, 6.45) is -0.192. The van der Waals surface area contributed by atoms with Gasteiger partial charge in [-0.15, -0.1) is 0 Å². The van der Waals surface area contributed by atoms with Gasteiger partial charge < -0.3 is 10.1 Å². The van der Waals surface area contributed by atoms with Crippen LogP contribution in [-0.2, 0) is 9.53 Å². The summed E-state index contributed by atoms with van der Waals surface area (Å²) in [7, 11) is 0. The summed E-state index contributed by atoms with van der Waals surface area (Å²) in [6, 6.07) is 0. The molecule has 0 heterocycles. The molecular formula is C12H23NO2. The Morgan fingerprint density at radius 1 is 1.47 bits per heavy atom. The van der Waals surface area contributed by atoms with Crippen molar-refractivity contribution in [2.45, 2.75) is 47.8 Å². The average Bonchev–Trinajstić information content (AvgIpc) is 2.52. The lowest BCUT2D eigenvalue weighted by atomic mass is 9.97. The van der Waals surface area contributed by atoms with E-state index in [2.05, 4.69) is 26.1 Å². The van der Waals surface area contributed by atoms with Crippen molar-refractivity contribution < 1.29 is 9.53 Å². The van der Waals surface area contributed by atoms with Crippen molar-refractivity contribution in [2.75, 3.05) is 6.61 Å². The Hall–Kier alpha value is -0.570. The summed E-state index contributed by atoms with van der Waals surface area (Å²) >= 11 is 0. The molecule has 3 heteroatoms. The molecule has 1 saturated carbocycles. The Balaban J connectivity index is 2.57. The van der Waals surface area contributed by atoms with E-state index in [-0.39, 0.29) is 23.0 Å². The maximum absolute atomic E-state index is 12.0. The number of hydrogen-bond acceptors (Lipinski definition) is 2. The summed E-state index contributed by atoms with van der Waals surface area (Å²) < 4.78 is 5.31. The predicted octanol–water partition coefficient (Wildman–Crippen LogP) is 2.17. The van der Waals surface area contributed by atoms with Gasteiger partial charge in [0.15, 0.2) is 0 Å². The van der Waals surface area contributed by atoms with Crippen LogP contribution in [0.1, 0.15) is 41.5 Å². The van der Waals surface area contributed by atoms with Gasteiger partial charge in [0.2, 0.25) is 5.91 Å². The van der Waals surface area contributed by atoms with Crippen molar-refractivity contribution in [2.24, 2.45) is 16.7 Å². The highest BCUT2D eigenvalue weighted by Crippen LogP contribution is 2.68. The van der Waals surface area contributed by atoms with E-state index in [4.69, 9.17) is 4.74 Å². The van der Waals surface area contributed by atoms with Gasteiger partial charge in [-0.3, -0.25) is 4.79 Å². The van der Waals surface area contributed by atoms with Gasteiger partial charge in [0.25, 0.3) is 0 Å². The summed E-state index contributed by atoms with van der Waals surface area (Å²) in [4.78, 5) is 12.0. The van der Waals surface area contributed by atoms with E-state index in [0.717, 1.165) is 0 Å². The van der Waals surface area contributed by atoms with Gasteiger partial charge in [0.05, 0.1) is 5.41 Å². The molecule has 0 aromatic heterocycles. The van der Waals surface area contributed by atoms with Gasteiger partial charge in [-0.2, -0.15) is 0 Å². The molecule has 0 aliphatic heterocycles. The first kappa shape index (κ1) is 12.5. The van der Waals surface area contributed by atoms with Crippen LogP contribution in [0.3, 0.4) is 0 Å². The molecule has 0 bridgehead atoms. The van der Waals surface area contributed by atoms with Crippen LogP contribution in [0.15, 0.2) is 0 Å². The van der Waals surface area contributed by atoms with Gasteiger partial charge in [-0.05, 0) is 32.1 Å². The highest BCUT2D eigenvalue weighted by molar-refractivity contribution is 5.87. The Kier molecular flexibility index (Phi) is 3.15. The first-order valence-electron chi connectivity index (χ1n) is 5.71. The van der Waals surface area contributed by atoms with Crippen molar-refractivity contribution >= 4 is 5.91 Å². The molecular weight excluding hydrogens is 190 g/mol. The van der Waals surface area contributed by atoms with Gasteiger partial charge in [-0.1, -0.05) is 20.8 Å². The van der Waals surface area contributed by atoms with Crippen molar-refractivity contribution in [3.63, 3.8) is 0 Å². The van der Waals surface area contributed by atoms with Crippen LogP contribution >= 0.6 is 0 Å². The van der Waals surface area contributed by atoms with Crippen LogP contribution < -0.4 is 5.32 Å². The van der Waals surface area contributed by atoms with Crippen molar-refractivity contribution in [3.05, 3.63) is 0 Å². The average molecular weight is 213 g/mol. The zero-order chi connectivity index (χ0) is 11.9. The van der Waals surface area contributed by atoms with E-state index in [9.17, 15) is 4.79 Å². The molecule has 88 valence electrons.